The summed E-state index contributed by atoms with van der Waals surface area (Å²) >= 11 is 0. The van der Waals surface area contributed by atoms with Gasteiger partial charge in [-0.1, -0.05) is 6.07 Å². The molecule has 0 saturated carbocycles. The van der Waals surface area contributed by atoms with Crippen LogP contribution in [0.5, 0.6) is 5.75 Å². The molecule has 1 amide bonds. The fourth-order valence-corrected chi connectivity index (χ4v) is 2.03. The van der Waals surface area contributed by atoms with E-state index in [9.17, 15) is 4.79 Å². The molecule has 104 valence electrons. The number of amides is 1. The average molecular weight is 264 g/mol. The molecule has 0 unspecified atom stereocenters. The molecular weight excluding hydrogens is 244 g/mol. The summed E-state index contributed by atoms with van der Waals surface area (Å²) in [6.07, 6.45) is 0.896. The number of ether oxygens (including phenoxy) is 1. The van der Waals surface area contributed by atoms with Gasteiger partial charge in [0.25, 0.3) is 5.91 Å². The van der Waals surface area contributed by atoms with Crippen molar-refractivity contribution in [1.29, 1.82) is 0 Å². The number of anilines is 1. The van der Waals surface area contributed by atoms with Crippen LogP contribution in [0.4, 0.5) is 5.69 Å². The largest absolute Gasteiger partial charge is 0.482 e. The molecular formula is C13H20N4O2. The summed E-state index contributed by atoms with van der Waals surface area (Å²) in [5.41, 5.74) is 4.63. The molecule has 2 rings (SSSR count). The van der Waals surface area contributed by atoms with Gasteiger partial charge in [0.05, 0.1) is 12.4 Å². The van der Waals surface area contributed by atoms with E-state index >= 15 is 0 Å². The highest BCUT2D eigenvalue weighted by Gasteiger charge is 2.22. The lowest BCUT2D eigenvalue weighted by Gasteiger charge is -2.26. The van der Waals surface area contributed by atoms with Crippen LogP contribution in [0.3, 0.4) is 0 Å². The van der Waals surface area contributed by atoms with Crippen molar-refractivity contribution in [2.45, 2.75) is 6.42 Å². The molecule has 6 heteroatoms. The van der Waals surface area contributed by atoms with E-state index in [1.54, 1.807) is 11.9 Å². The van der Waals surface area contributed by atoms with E-state index in [2.05, 4.69) is 10.3 Å². The first-order chi connectivity index (χ1) is 9.11. The first kappa shape index (κ1) is 13.8. The quantitative estimate of drug-likeness (QED) is 0.443. The second-order valence-corrected chi connectivity index (χ2v) is 4.74. The Kier molecular flexibility index (Phi) is 4.36. The van der Waals surface area contributed by atoms with Gasteiger partial charge < -0.3 is 9.64 Å². The van der Waals surface area contributed by atoms with Crippen LogP contribution in [0.15, 0.2) is 18.2 Å². The first-order valence-electron chi connectivity index (χ1n) is 6.26. The minimum absolute atomic E-state index is 0.0194. The Morgan fingerprint density at radius 2 is 2.32 bits per heavy atom. The number of fused-ring (bicyclic) bond motifs is 1. The van der Waals surface area contributed by atoms with Crippen molar-refractivity contribution >= 4 is 11.6 Å². The second-order valence-electron chi connectivity index (χ2n) is 4.74. The standard InChI is InChI=1S/C13H20N4O2/c1-16(9-15-14)6-5-10-3-4-12-11(7-10)17(2)13(18)8-19-12/h3-4,7,15H,5-6,8-9,14H2,1-2H3. The Balaban J connectivity index is 2.06. The minimum Gasteiger partial charge on any atom is -0.482 e. The number of nitrogens with one attached hydrogen (secondary N) is 1. The molecule has 0 spiro atoms. The summed E-state index contributed by atoms with van der Waals surface area (Å²) in [6.45, 7) is 1.65. The van der Waals surface area contributed by atoms with E-state index in [0.717, 1.165) is 24.4 Å². The molecule has 0 saturated heterocycles. The zero-order valence-corrected chi connectivity index (χ0v) is 11.3. The van der Waals surface area contributed by atoms with E-state index in [1.165, 1.54) is 5.56 Å². The average Bonchev–Trinajstić information content (AvgIpc) is 2.41. The van der Waals surface area contributed by atoms with Gasteiger partial charge in [-0.25, -0.2) is 5.43 Å². The maximum atomic E-state index is 11.6. The third-order valence-corrected chi connectivity index (χ3v) is 3.25. The van der Waals surface area contributed by atoms with Crippen molar-refractivity contribution in [3.8, 4) is 5.75 Å². The highest BCUT2D eigenvalue weighted by Crippen LogP contribution is 2.31. The van der Waals surface area contributed by atoms with Crippen molar-refractivity contribution < 1.29 is 9.53 Å². The van der Waals surface area contributed by atoms with E-state index in [0.29, 0.717) is 6.67 Å². The van der Waals surface area contributed by atoms with Crippen LogP contribution in [0.2, 0.25) is 0 Å². The molecule has 1 heterocycles. The highest BCUT2D eigenvalue weighted by atomic mass is 16.5. The molecule has 0 bridgehead atoms. The Hall–Kier alpha value is -1.63. The van der Waals surface area contributed by atoms with Gasteiger partial charge in [-0.05, 0) is 31.2 Å². The van der Waals surface area contributed by atoms with Gasteiger partial charge in [0.1, 0.15) is 5.75 Å². The number of rotatable bonds is 5. The monoisotopic (exact) mass is 264 g/mol. The summed E-state index contributed by atoms with van der Waals surface area (Å²) < 4.78 is 5.40. The van der Waals surface area contributed by atoms with Gasteiger partial charge in [-0.2, -0.15) is 0 Å². The number of hydrazine groups is 1. The molecule has 1 aromatic rings. The van der Waals surface area contributed by atoms with Crippen molar-refractivity contribution in [2.24, 2.45) is 5.84 Å². The molecule has 0 aromatic heterocycles. The fourth-order valence-electron chi connectivity index (χ4n) is 2.03. The number of nitrogens with two attached hydrogens (primary N) is 1. The Labute approximate surface area is 113 Å². The highest BCUT2D eigenvalue weighted by molar-refractivity contribution is 5.97. The van der Waals surface area contributed by atoms with Crippen molar-refractivity contribution in [2.75, 3.05) is 38.8 Å². The molecule has 0 radical (unpaired) electrons. The van der Waals surface area contributed by atoms with Crippen LogP contribution >= 0.6 is 0 Å². The van der Waals surface area contributed by atoms with Crippen LogP contribution in [0.1, 0.15) is 5.56 Å². The van der Waals surface area contributed by atoms with E-state index in [4.69, 9.17) is 10.6 Å². The predicted octanol–water partition coefficient (Wildman–Crippen LogP) is -0.0631. The van der Waals surface area contributed by atoms with E-state index in [-0.39, 0.29) is 12.5 Å². The molecule has 1 aliphatic rings. The smallest absolute Gasteiger partial charge is 0.264 e. The van der Waals surface area contributed by atoms with Gasteiger partial charge in [-0.3, -0.25) is 15.5 Å². The summed E-state index contributed by atoms with van der Waals surface area (Å²) in [4.78, 5) is 15.3. The lowest BCUT2D eigenvalue weighted by Crippen LogP contribution is -2.36. The molecule has 0 atom stereocenters. The maximum Gasteiger partial charge on any atom is 0.264 e. The number of likely N-dealkylation sites (N-methyl/N-ethyl adjacent to an activating group) is 2. The van der Waals surface area contributed by atoms with Crippen LogP contribution in [-0.2, 0) is 11.2 Å². The van der Waals surface area contributed by atoms with Crippen molar-refractivity contribution in [3.63, 3.8) is 0 Å². The molecule has 1 aromatic carbocycles. The summed E-state index contributed by atoms with van der Waals surface area (Å²) in [7, 11) is 3.77. The number of nitrogens with zero attached hydrogens (tertiary/aromatic N) is 2. The normalized spacial score (nSPS) is 14.5. The first-order valence-corrected chi connectivity index (χ1v) is 6.26. The molecule has 0 fully saturated rings. The SMILES string of the molecule is CN(CCc1ccc2c(c1)N(C)C(=O)CO2)CNN. The van der Waals surface area contributed by atoms with Crippen molar-refractivity contribution in [1.82, 2.24) is 10.3 Å². The number of carbonyl (C=O) groups is 1. The minimum atomic E-state index is -0.0194. The molecule has 0 aliphatic carbocycles. The topological polar surface area (TPSA) is 70.8 Å². The van der Waals surface area contributed by atoms with Crippen molar-refractivity contribution in [3.05, 3.63) is 23.8 Å². The Morgan fingerprint density at radius 3 is 3.05 bits per heavy atom. The molecule has 1 aliphatic heterocycles. The third kappa shape index (κ3) is 3.23. The zero-order valence-electron chi connectivity index (χ0n) is 11.3. The molecule has 6 nitrogen and oxygen atoms in total. The third-order valence-electron chi connectivity index (χ3n) is 3.25. The molecule has 3 N–H and O–H groups in total. The van der Waals surface area contributed by atoms with Gasteiger partial charge in [0, 0.05) is 13.6 Å². The summed E-state index contributed by atoms with van der Waals surface area (Å²) in [5.74, 6) is 6.02. The van der Waals surface area contributed by atoms with E-state index < -0.39 is 0 Å². The van der Waals surface area contributed by atoms with E-state index in [1.807, 2.05) is 25.2 Å². The van der Waals surface area contributed by atoms with Gasteiger partial charge in [0.15, 0.2) is 6.61 Å². The van der Waals surface area contributed by atoms with Crippen LogP contribution < -0.4 is 20.9 Å². The summed E-state index contributed by atoms with van der Waals surface area (Å²) in [5, 5.41) is 0. The predicted molar refractivity (Wildman–Crippen MR) is 73.9 cm³/mol. The Bertz CT molecular complexity index is 464. The number of hydrogen-bond donors (Lipinski definition) is 2. The van der Waals surface area contributed by atoms with Gasteiger partial charge in [0.2, 0.25) is 0 Å². The van der Waals surface area contributed by atoms with Crippen LogP contribution in [0.25, 0.3) is 0 Å². The van der Waals surface area contributed by atoms with Gasteiger partial charge >= 0.3 is 0 Å². The lowest BCUT2D eigenvalue weighted by atomic mass is 10.1. The lowest BCUT2D eigenvalue weighted by molar-refractivity contribution is -0.120. The second kappa shape index (κ2) is 6.01. The number of hydrogen-bond acceptors (Lipinski definition) is 5. The van der Waals surface area contributed by atoms with Gasteiger partial charge in [-0.15, -0.1) is 0 Å². The number of carbonyl (C=O) groups excluding carboxylic acids is 1. The molecule has 19 heavy (non-hydrogen) atoms. The zero-order chi connectivity index (χ0) is 13.8. The fraction of sp³-hybridized carbons (Fsp3) is 0.462. The summed E-state index contributed by atoms with van der Waals surface area (Å²) in [6, 6.07) is 5.97. The van der Waals surface area contributed by atoms with Crippen LogP contribution in [0, 0.1) is 0 Å². The van der Waals surface area contributed by atoms with Crippen LogP contribution in [-0.4, -0.2) is 44.7 Å². The Morgan fingerprint density at radius 1 is 1.53 bits per heavy atom. The maximum absolute atomic E-state index is 11.6. The number of benzene rings is 1.